The Morgan fingerprint density at radius 1 is 1.38 bits per heavy atom. The summed E-state index contributed by atoms with van der Waals surface area (Å²) in [6.07, 6.45) is 2.82. The molecule has 0 saturated heterocycles. The zero-order valence-electron chi connectivity index (χ0n) is 8.71. The van der Waals surface area contributed by atoms with Gasteiger partial charge in [0.05, 0.1) is 0 Å². The number of unbranched alkanes of at least 4 members (excludes halogenated alkanes) is 1. The van der Waals surface area contributed by atoms with E-state index in [4.69, 9.17) is 10.9 Å². The highest BCUT2D eigenvalue weighted by atomic mass is 32.2. The first-order chi connectivity index (χ1) is 5.95. The van der Waals surface area contributed by atoms with Crippen molar-refractivity contribution in [2.24, 2.45) is 10.9 Å². The fraction of sp³-hybridized carbons (Fsp3) is 0.889. The van der Waals surface area contributed by atoms with Gasteiger partial charge in [0, 0.05) is 11.2 Å². The van der Waals surface area contributed by atoms with Crippen LogP contribution in [0.15, 0.2) is 5.16 Å². The summed E-state index contributed by atoms with van der Waals surface area (Å²) in [7, 11) is 0. The second-order valence-electron chi connectivity index (χ2n) is 4.01. The minimum Gasteiger partial charge on any atom is -0.409 e. The van der Waals surface area contributed by atoms with Gasteiger partial charge in [0.25, 0.3) is 0 Å². The van der Waals surface area contributed by atoms with E-state index in [1.807, 2.05) is 11.8 Å². The average Bonchev–Trinajstić information content (AvgIpc) is 2.01. The van der Waals surface area contributed by atoms with Crippen LogP contribution in [-0.2, 0) is 0 Å². The molecule has 0 radical (unpaired) electrons. The van der Waals surface area contributed by atoms with Gasteiger partial charge in [-0.2, -0.15) is 11.8 Å². The Balaban J connectivity index is 3.28. The van der Waals surface area contributed by atoms with E-state index in [-0.39, 0.29) is 0 Å². The van der Waals surface area contributed by atoms with E-state index in [2.05, 4.69) is 25.9 Å². The third-order valence-corrected chi connectivity index (χ3v) is 2.85. The Kier molecular flexibility index (Phi) is 5.95. The van der Waals surface area contributed by atoms with Crippen LogP contribution in [0.4, 0.5) is 0 Å². The molecule has 4 heteroatoms. The van der Waals surface area contributed by atoms with Crippen molar-refractivity contribution in [2.45, 2.75) is 44.8 Å². The van der Waals surface area contributed by atoms with Gasteiger partial charge in [-0.1, -0.05) is 25.9 Å². The highest BCUT2D eigenvalue weighted by Gasteiger charge is 2.09. The Labute approximate surface area is 84.8 Å². The summed E-state index contributed by atoms with van der Waals surface area (Å²) < 4.78 is 0.344. The second kappa shape index (κ2) is 6.13. The fourth-order valence-electron chi connectivity index (χ4n) is 0.837. The zero-order chi connectivity index (χ0) is 10.3. The molecular weight excluding hydrogens is 184 g/mol. The van der Waals surface area contributed by atoms with Crippen LogP contribution < -0.4 is 5.73 Å². The van der Waals surface area contributed by atoms with Crippen molar-refractivity contribution in [2.75, 3.05) is 5.75 Å². The normalized spacial score (nSPS) is 13.3. The molecule has 0 rings (SSSR count). The molecule has 0 saturated carbocycles. The standard InChI is InChI=1S/C9H20N2OS/c1-9(2,3)13-7-5-4-6-8(10)11-12/h12H,4-7H2,1-3H3,(H2,10,11). The largest absolute Gasteiger partial charge is 0.409 e. The number of nitrogens with zero attached hydrogens (tertiary/aromatic N) is 1. The zero-order valence-corrected chi connectivity index (χ0v) is 9.52. The van der Waals surface area contributed by atoms with Crippen molar-refractivity contribution in [3.05, 3.63) is 0 Å². The van der Waals surface area contributed by atoms with Crippen molar-refractivity contribution in [3.8, 4) is 0 Å². The number of rotatable bonds is 5. The molecule has 0 aliphatic heterocycles. The third kappa shape index (κ3) is 9.53. The van der Waals surface area contributed by atoms with Gasteiger partial charge in [0.15, 0.2) is 0 Å². The molecule has 0 aromatic rings. The summed E-state index contributed by atoms with van der Waals surface area (Å²) >= 11 is 1.95. The van der Waals surface area contributed by atoms with E-state index in [0.717, 1.165) is 18.6 Å². The molecule has 0 bridgehead atoms. The fourth-order valence-corrected chi connectivity index (χ4v) is 1.80. The quantitative estimate of drug-likeness (QED) is 0.238. The number of nitrogens with two attached hydrogens (primary N) is 1. The molecule has 0 aliphatic rings. The Hall–Kier alpha value is -0.380. The molecule has 0 unspecified atom stereocenters. The van der Waals surface area contributed by atoms with E-state index >= 15 is 0 Å². The summed E-state index contributed by atoms with van der Waals surface area (Å²) in [6.45, 7) is 6.63. The smallest absolute Gasteiger partial charge is 0.139 e. The lowest BCUT2D eigenvalue weighted by molar-refractivity contribution is 0.316. The highest BCUT2D eigenvalue weighted by molar-refractivity contribution is 8.00. The van der Waals surface area contributed by atoms with Gasteiger partial charge in [0.2, 0.25) is 0 Å². The van der Waals surface area contributed by atoms with Gasteiger partial charge < -0.3 is 10.9 Å². The second-order valence-corrected chi connectivity index (χ2v) is 5.93. The molecule has 0 heterocycles. The first-order valence-corrected chi connectivity index (χ1v) is 5.54. The van der Waals surface area contributed by atoms with Crippen LogP contribution in [0.1, 0.15) is 40.0 Å². The van der Waals surface area contributed by atoms with Gasteiger partial charge >= 0.3 is 0 Å². The SMILES string of the molecule is CC(C)(C)SCCCC/C(N)=N/O. The van der Waals surface area contributed by atoms with Crippen molar-refractivity contribution in [3.63, 3.8) is 0 Å². The van der Waals surface area contributed by atoms with Crippen molar-refractivity contribution >= 4 is 17.6 Å². The van der Waals surface area contributed by atoms with Crippen LogP contribution >= 0.6 is 11.8 Å². The summed E-state index contributed by atoms with van der Waals surface area (Å²) in [5.41, 5.74) is 5.33. The van der Waals surface area contributed by atoms with Gasteiger partial charge in [-0.3, -0.25) is 0 Å². The summed E-state index contributed by atoms with van der Waals surface area (Å²) in [6, 6.07) is 0. The predicted molar refractivity (Wildman–Crippen MR) is 59.5 cm³/mol. The van der Waals surface area contributed by atoms with E-state index < -0.39 is 0 Å². The van der Waals surface area contributed by atoms with Crippen LogP contribution in [0.5, 0.6) is 0 Å². The van der Waals surface area contributed by atoms with Gasteiger partial charge in [-0.25, -0.2) is 0 Å². The minimum absolute atomic E-state index is 0.334. The molecule has 0 atom stereocenters. The van der Waals surface area contributed by atoms with Crippen LogP contribution in [0.25, 0.3) is 0 Å². The lowest BCUT2D eigenvalue weighted by atomic mass is 10.2. The van der Waals surface area contributed by atoms with E-state index in [9.17, 15) is 0 Å². The molecule has 0 spiro atoms. The van der Waals surface area contributed by atoms with Gasteiger partial charge in [-0.05, 0) is 18.6 Å². The van der Waals surface area contributed by atoms with Crippen LogP contribution in [0.2, 0.25) is 0 Å². The molecule has 13 heavy (non-hydrogen) atoms. The predicted octanol–water partition coefficient (Wildman–Crippen LogP) is 2.43. The lowest BCUT2D eigenvalue weighted by Crippen LogP contribution is -2.11. The monoisotopic (exact) mass is 204 g/mol. The number of thioether (sulfide) groups is 1. The summed E-state index contributed by atoms with van der Waals surface area (Å²) in [5, 5.41) is 11.2. The number of hydrogen-bond donors (Lipinski definition) is 2. The molecular formula is C9H20N2OS. The Morgan fingerprint density at radius 2 is 2.00 bits per heavy atom. The first kappa shape index (κ1) is 12.6. The minimum atomic E-state index is 0.334. The molecule has 3 N–H and O–H groups in total. The Morgan fingerprint density at radius 3 is 2.46 bits per heavy atom. The van der Waals surface area contributed by atoms with Crippen LogP contribution in [0.3, 0.4) is 0 Å². The third-order valence-electron chi connectivity index (χ3n) is 1.49. The molecule has 0 aliphatic carbocycles. The van der Waals surface area contributed by atoms with E-state index in [1.165, 1.54) is 0 Å². The number of hydrogen-bond acceptors (Lipinski definition) is 3. The summed E-state index contributed by atoms with van der Waals surface area (Å²) in [5.74, 6) is 1.48. The molecule has 0 aromatic heterocycles. The molecule has 0 fully saturated rings. The number of oxime groups is 1. The molecule has 0 amide bonds. The maximum atomic E-state index is 8.28. The molecule has 0 aromatic carbocycles. The van der Waals surface area contributed by atoms with Crippen LogP contribution in [0, 0.1) is 0 Å². The maximum Gasteiger partial charge on any atom is 0.139 e. The van der Waals surface area contributed by atoms with E-state index in [1.54, 1.807) is 0 Å². The summed E-state index contributed by atoms with van der Waals surface area (Å²) in [4.78, 5) is 0. The van der Waals surface area contributed by atoms with Gasteiger partial charge in [0.1, 0.15) is 5.84 Å². The molecule has 78 valence electrons. The maximum absolute atomic E-state index is 8.28. The lowest BCUT2D eigenvalue weighted by Gasteiger charge is -2.16. The first-order valence-electron chi connectivity index (χ1n) is 4.56. The average molecular weight is 204 g/mol. The van der Waals surface area contributed by atoms with Crippen molar-refractivity contribution in [1.82, 2.24) is 0 Å². The highest BCUT2D eigenvalue weighted by Crippen LogP contribution is 2.24. The van der Waals surface area contributed by atoms with Gasteiger partial charge in [-0.15, -0.1) is 0 Å². The van der Waals surface area contributed by atoms with Crippen LogP contribution in [-0.4, -0.2) is 21.5 Å². The van der Waals surface area contributed by atoms with E-state index in [0.29, 0.717) is 17.0 Å². The Bertz CT molecular complexity index is 163. The topological polar surface area (TPSA) is 58.6 Å². The molecule has 3 nitrogen and oxygen atoms in total. The number of amidine groups is 1. The van der Waals surface area contributed by atoms with Crippen molar-refractivity contribution < 1.29 is 5.21 Å². The van der Waals surface area contributed by atoms with Crippen molar-refractivity contribution in [1.29, 1.82) is 0 Å².